The normalized spacial score (nSPS) is 11.4. The summed E-state index contributed by atoms with van der Waals surface area (Å²) in [5.74, 6) is 1.37. The fourth-order valence-corrected chi connectivity index (χ4v) is 1.88. The molecule has 0 aromatic heterocycles. The van der Waals surface area contributed by atoms with E-state index >= 15 is 0 Å². The molecule has 0 bridgehead atoms. The number of nitrogens with two attached hydrogens (primary N) is 1. The summed E-state index contributed by atoms with van der Waals surface area (Å²) >= 11 is 0. The Morgan fingerprint density at radius 2 is 1.76 bits per heavy atom. The molecule has 96 valence electrons. The van der Waals surface area contributed by atoms with Gasteiger partial charge in [0.1, 0.15) is 0 Å². The van der Waals surface area contributed by atoms with Gasteiger partial charge in [-0.2, -0.15) is 0 Å². The maximum Gasteiger partial charge on any atom is 0.166 e. The van der Waals surface area contributed by atoms with Crippen LogP contribution in [0.15, 0.2) is 12.1 Å². The Balaban J connectivity index is 3.42. The van der Waals surface area contributed by atoms with Crippen molar-refractivity contribution in [2.45, 2.75) is 26.0 Å². The van der Waals surface area contributed by atoms with Gasteiger partial charge in [-0.1, -0.05) is 6.07 Å². The summed E-state index contributed by atoms with van der Waals surface area (Å²) in [5.41, 5.74) is 7.63. The van der Waals surface area contributed by atoms with Crippen molar-refractivity contribution in [3.05, 3.63) is 23.3 Å². The monoisotopic (exact) mass is 239 g/mol. The number of hydrogen-bond acceptors (Lipinski definition) is 4. The Bertz CT molecular complexity index is 383. The first-order valence-electron chi connectivity index (χ1n) is 5.47. The van der Waals surface area contributed by atoms with Crippen LogP contribution in [-0.2, 0) is 16.9 Å². The van der Waals surface area contributed by atoms with Crippen molar-refractivity contribution in [3.8, 4) is 11.5 Å². The molecule has 1 aromatic rings. The summed E-state index contributed by atoms with van der Waals surface area (Å²) in [4.78, 5) is 0. The smallest absolute Gasteiger partial charge is 0.166 e. The van der Waals surface area contributed by atoms with Gasteiger partial charge >= 0.3 is 0 Å². The molecule has 17 heavy (non-hydrogen) atoms. The highest BCUT2D eigenvalue weighted by molar-refractivity contribution is 5.52. The molecule has 0 amide bonds. The van der Waals surface area contributed by atoms with Crippen LogP contribution in [0.4, 0.5) is 0 Å². The lowest BCUT2D eigenvalue weighted by molar-refractivity contribution is 0.178. The van der Waals surface area contributed by atoms with E-state index < -0.39 is 5.54 Å². The molecule has 2 N–H and O–H groups in total. The summed E-state index contributed by atoms with van der Waals surface area (Å²) in [6, 6.07) is 3.82. The summed E-state index contributed by atoms with van der Waals surface area (Å²) in [6.45, 7) is 4.34. The van der Waals surface area contributed by atoms with Gasteiger partial charge in [0.15, 0.2) is 11.5 Å². The second kappa shape index (κ2) is 5.38. The molecule has 0 saturated carbocycles. The Kier molecular flexibility index (Phi) is 4.37. The minimum Gasteiger partial charge on any atom is -0.493 e. The van der Waals surface area contributed by atoms with Crippen molar-refractivity contribution in [1.29, 1.82) is 0 Å². The molecular formula is C13H21NO3. The van der Waals surface area contributed by atoms with Crippen LogP contribution in [0, 0.1) is 0 Å². The molecule has 0 aliphatic rings. The zero-order valence-corrected chi connectivity index (χ0v) is 11.2. The molecule has 0 spiro atoms. The highest BCUT2D eigenvalue weighted by atomic mass is 16.5. The van der Waals surface area contributed by atoms with Gasteiger partial charge in [0, 0.05) is 18.2 Å². The van der Waals surface area contributed by atoms with Crippen molar-refractivity contribution >= 4 is 0 Å². The van der Waals surface area contributed by atoms with Gasteiger partial charge in [-0.15, -0.1) is 0 Å². The Hall–Kier alpha value is -1.26. The second-order valence-electron chi connectivity index (χ2n) is 4.48. The third-order valence-corrected chi connectivity index (χ3v) is 2.63. The molecule has 0 atom stereocenters. The third kappa shape index (κ3) is 2.90. The topological polar surface area (TPSA) is 53.7 Å². The fourth-order valence-electron chi connectivity index (χ4n) is 1.88. The van der Waals surface area contributed by atoms with E-state index in [0.717, 1.165) is 11.1 Å². The quantitative estimate of drug-likeness (QED) is 0.854. The summed E-state index contributed by atoms with van der Waals surface area (Å²) in [7, 11) is 4.87. The van der Waals surface area contributed by atoms with Crippen LogP contribution < -0.4 is 15.2 Å². The molecule has 0 aliphatic carbocycles. The Morgan fingerprint density at radius 1 is 1.12 bits per heavy atom. The van der Waals surface area contributed by atoms with E-state index in [0.29, 0.717) is 18.1 Å². The van der Waals surface area contributed by atoms with Crippen molar-refractivity contribution < 1.29 is 14.2 Å². The maximum absolute atomic E-state index is 6.15. The standard InChI is InChI=1S/C13H21NO3/c1-13(2,14)10-6-7-11(16-4)12(17-5)9(10)8-15-3/h6-7H,8,14H2,1-5H3. The molecule has 0 saturated heterocycles. The molecule has 0 radical (unpaired) electrons. The lowest BCUT2D eigenvalue weighted by atomic mass is 9.90. The number of rotatable bonds is 5. The molecule has 0 aliphatic heterocycles. The second-order valence-corrected chi connectivity index (χ2v) is 4.48. The van der Waals surface area contributed by atoms with E-state index in [1.807, 2.05) is 26.0 Å². The average Bonchev–Trinajstić information content (AvgIpc) is 2.27. The third-order valence-electron chi connectivity index (χ3n) is 2.63. The number of benzene rings is 1. The molecule has 4 nitrogen and oxygen atoms in total. The minimum atomic E-state index is -0.451. The molecule has 0 heterocycles. The molecular weight excluding hydrogens is 218 g/mol. The van der Waals surface area contributed by atoms with E-state index in [-0.39, 0.29) is 0 Å². The predicted octanol–water partition coefficient (Wildman–Crippen LogP) is 2.04. The van der Waals surface area contributed by atoms with Crippen molar-refractivity contribution in [2.75, 3.05) is 21.3 Å². The first-order valence-corrected chi connectivity index (χ1v) is 5.47. The summed E-state index contributed by atoms with van der Waals surface area (Å²) in [5, 5.41) is 0. The maximum atomic E-state index is 6.15. The van der Waals surface area contributed by atoms with Crippen LogP contribution in [0.2, 0.25) is 0 Å². The van der Waals surface area contributed by atoms with Crippen LogP contribution >= 0.6 is 0 Å². The zero-order valence-electron chi connectivity index (χ0n) is 11.2. The summed E-state index contributed by atoms with van der Waals surface area (Å²) in [6.07, 6.45) is 0. The van der Waals surface area contributed by atoms with Crippen LogP contribution in [-0.4, -0.2) is 21.3 Å². The van der Waals surface area contributed by atoms with Gasteiger partial charge in [-0.3, -0.25) is 0 Å². The van der Waals surface area contributed by atoms with Crippen molar-refractivity contribution in [1.82, 2.24) is 0 Å². The van der Waals surface area contributed by atoms with Crippen LogP contribution in [0.1, 0.15) is 25.0 Å². The van der Waals surface area contributed by atoms with Crippen LogP contribution in [0.5, 0.6) is 11.5 Å². The van der Waals surface area contributed by atoms with Gasteiger partial charge in [0.25, 0.3) is 0 Å². The van der Waals surface area contributed by atoms with Gasteiger partial charge in [0.2, 0.25) is 0 Å². The first-order chi connectivity index (χ1) is 7.95. The average molecular weight is 239 g/mol. The van der Waals surface area contributed by atoms with E-state index in [9.17, 15) is 0 Å². The lowest BCUT2D eigenvalue weighted by Gasteiger charge is -2.25. The predicted molar refractivity (Wildman–Crippen MR) is 67.5 cm³/mol. The molecule has 0 fully saturated rings. The Morgan fingerprint density at radius 3 is 2.18 bits per heavy atom. The SMILES string of the molecule is COCc1c(C(C)(C)N)ccc(OC)c1OC. The Labute approximate surface area is 103 Å². The van der Waals surface area contributed by atoms with Crippen LogP contribution in [0.3, 0.4) is 0 Å². The molecule has 0 unspecified atom stereocenters. The highest BCUT2D eigenvalue weighted by Crippen LogP contribution is 2.37. The lowest BCUT2D eigenvalue weighted by Crippen LogP contribution is -2.30. The zero-order chi connectivity index (χ0) is 13.1. The highest BCUT2D eigenvalue weighted by Gasteiger charge is 2.23. The largest absolute Gasteiger partial charge is 0.493 e. The molecule has 1 rings (SSSR count). The molecule has 4 heteroatoms. The van der Waals surface area contributed by atoms with Gasteiger partial charge < -0.3 is 19.9 Å². The van der Waals surface area contributed by atoms with E-state index in [4.69, 9.17) is 19.9 Å². The minimum absolute atomic E-state index is 0.441. The number of methoxy groups -OCH3 is 3. The number of ether oxygens (including phenoxy) is 3. The summed E-state index contributed by atoms with van der Waals surface area (Å²) < 4.78 is 15.9. The van der Waals surface area contributed by atoms with E-state index in [2.05, 4.69) is 0 Å². The van der Waals surface area contributed by atoms with E-state index in [1.165, 1.54) is 0 Å². The van der Waals surface area contributed by atoms with Crippen LogP contribution in [0.25, 0.3) is 0 Å². The van der Waals surface area contributed by atoms with Gasteiger partial charge in [0.05, 0.1) is 20.8 Å². The fraction of sp³-hybridized carbons (Fsp3) is 0.538. The molecule has 1 aromatic carbocycles. The van der Waals surface area contributed by atoms with Gasteiger partial charge in [-0.25, -0.2) is 0 Å². The van der Waals surface area contributed by atoms with Crippen molar-refractivity contribution in [3.63, 3.8) is 0 Å². The van der Waals surface area contributed by atoms with E-state index in [1.54, 1.807) is 21.3 Å². The van der Waals surface area contributed by atoms with Gasteiger partial charge in [-0.05, 0) is 25.5 Å². The van der Waals surface area contributed by atoms with Crippen molar-refractivity contribution in [2.24, 2.45) is 5.73 Å². The first kappa shape index (κ1) is 13.8. The number of hydrogen-bond donors (Lipinski definition) is 1.